The molecule has 2 aromatic heterocycles. The minimum atomic E-state index is -0.0998. The van der Waals surface area contributed by atoms with Gasteiger partial charge in [0, 0.05) is 43.2 Å². The Morgan fingerprint density at radius 3 is 2.78 bits per heavy atom. The van der Waals surface area contributed by atoms with E-state index in [0.29, 0.717) is 35.5 Å². The lowest BCUT2D eigenvalue weighted by Gasteiger charge is -2.14. The fraction of sp³-hybridized carbons (Fsp3) is 0.143. The fourth-order valence-electron chi connectivity index (χ4n) is 4.24. The number of rotatable bonds is 4. The zero-order chi connectivity index (χ0) is 25.1. The van der Waals surface area contributed by atoms with Crippen LogP contribution < -0.4 is 16.4 Å². The number of carbonyl (C=O) groups excluding carboxylic acids is 2. The number of aromatic nitrogens is 3. The predicted octanol–water partition coefficient (Wildman–Crippen LogP) is 2.93. The number of anilines is 2. The standard InChI is InChI=1S/C28H24N6O2/c1-34-23-12-13-30-27(36)22(23)16-24(34)26-20(17-31-28(29)33-26)11-10-19-8-5-9-21(14-19)32-25(35)15-18-6-3-2-4-7-18/h2-9,14,16-17H,12-13,15H2,1H3,(H,30,36)(H,32,35)(H2,29,31,33). The number of nitrogen functional groups attached to an aromatic ring is 1. The van der Waals surface area contributed by atoms with Crippen molar-refractivity contribution in [1.29, 1.82) is 0 Å². The average molecular weight is 477 g/mol. The number of nitrogens with zero attached hydrogens (tertiary/aromatic N) is 3. The van der Waals surface area contributed by atoms with Crippen LogP contribution in [0.4, 0.5) is 11.6 Å². The van der Waals surface area contributed by atoms with Crippen molar-refractivity contribution in [2.45, 2.75) is 12.8 Å². The van der Waals surface area contributed by atoms with Gasteiger partial charge in [0.05, 0.1) is 23.2 Å². The average Bonchev–Trinajstić information content (AvgIpc) is 3.21. The van der Waals surface area contributed by atoms with Crippen LogP contribution in [0.3, 0.4) is 0 Å². The molecule has 0 fully saturated rings. The molecule has 4 aromatic rings. The molecule has 1 aliphatic heterocycles. The first-order valence-corrected chi connectivity index (χ1v) is 11.5. The Hall–Kier alpha value is -4.90. The lowest BCUT2D eigenvalue weighted by atomic mass is 10.1. The Kier molecular flexibility index (Phi) is 6.20. The van der Waals surface area contributed by atoms with Crippen LogP contribution >= 0.6 is 0 Å². The van der Waals surface area contributed by atoms with Crippen LogP contribution in [0, 0.1) is 11.8 Å². The molecule has 0 bridgehead atoms. The zero-order valence-electron chi connectivity index (χ0n) is 19.7. The lowest BCUT2D eigenvalue weighted by Crippen LogP contribution is -2.31. The Balaban J connectivity index is 1.41. The van der Waals surface area contributed by atoms with E-state index < -0.39 is 0 Å². The van der Waals surface area contributed by atoms with E-state index in [-0.39, 0.29) is 17.8 Å². The van der Waals surface area contributed by atoms with Gasteiger partial charge in [-0.1, -0.05) is 48.2 Å². The van der Waals surface area contributed by atoms with Crippen LogP contribution in [0.15, 0.2) is 66.9 Å². The molecule has 4 N–H and O–H groups in total. The fourth-order valence-corrected chi connectivity index (χ4v) is 4.24. The molecule has 0 spiro atoms. The number of amides is 2. The van der Waals surface area contributed by atoms with Crippen molar-refractivity contribution >= 4 is 23.5 Å². The molecule has 0 saturated heterocycles. The highest BCUT2D eigenvalue weighted by Crippen LogP contribution is 2.28. The van der Waals surface area contributed by atoms with Gasteiger partial charge in [0.2, 0.25) is 11.9 Å². The summed E-state index contributed by atoms with van der Waals surface area (Å²) < 4.78 is 1.96. The molecule has 0 aliphatic carbocycles. The van der Waals surface area contributed by atoms with Gasteiger partial charge in [0.25, 0.3) is 5.91 Å². The SMILES string of the molecule is Cn1c(-c2nc(N)ncc2C#Cc2cccc(NC(=O)Cc3ccccc3)c2)cc2c1CCNC2=O. The van der Waals surface area contributed by atoms with E-state index in [4.69, 9.17) is 5.73 Å². The molecule has 5 rings (SSSR count). The van der Waals surface area contributed by atoms with Crippen LogP contribution in [-0.4, -0.2) is 32.9 Å². The summed E-state index contributed by atoms with van der Waals surface area (Å²) in [5.41, 5.74) is 11.7. The molecule has 3 heterocycles. The second-order valence-corrected chi connectivity index (χ2v) is 8.49. The normalized spacial score (nSPS) is 12.2. The van der Waals surface area contributed by atoms with Gasteiger partial charge in [0.15, 0.2) is 0 Å². The third-order valence-electron chi connectivity index (χ3n) is 6.00. The van der Waals surface area contributed by atoms with Crippen molar-refractivity contribution < 1.29 is 9.59 Å². The van der Waals surface area contributed by atoms with Crippen LogP contribution in [0.1, 0.15) is 32.7 Å². The largest absolute Gasteiger partial charge is 0.368 e. The summed E-state index contributed by atoms with van der Waals surface area (Å²) >= 11 is 0. The number of nitrogens with one attached hydrogen (secondary N) is 2. The van der Waals surface area contributed by atoms with Gasteiger partial charge < -0.3 is 20.9 Å². The van der Waals surface area contributed by atoms with E-state index in [2.05, 4.69) is 32.4 Å². The van der Waals surface area contributed by atoms with Gasteiger partial charge in [-0.05, 0) is 29.8 Å². The van der Waals surface area contributed by atoms with Crippen LogP contribution in [0.2, 0.25) is 0 Å². The molecule has 178 valence electrons. The van der Waals surface area contributed by atoms with Crippen molar-refractivity contribution in [3.63, 3.8) is 0 Å². The first-order valence-electron chi connectivity index (χ1n) is 11.5. The molecule has 0 radical (unpaired) electrons. The van der Waals surface area contributed by atoms with E-state index in [0.717, 1.165) is 28.9 Å². The highest BCUT2D eigenvalue weighted by molar-refractivity contribution is 5.98. The molecular formula is C28H24N6O2. The number of carbonyl (C=O) groups is 2. The molecule has 0 unspecified atom stereocenters. The smallest absolute Gasteiger partial charge is 0.253 e. The third-order valence-corrected chi connectivity index (χ3v) is 6.00. The van der Waals surface area contributed by atoms with E-state index >= 15 is 0 Å². The van der Waals surface area contributed by atoms with Crippen LogP contribution in [0.25, 0.3) is 11.4 Å². The van der Waals surface area contributed by atoms with Crippen molar-refractivity contribution in [1.82, 2.24) is 19.9 Å². The third kappa shape index (κ3) is 4.81. The molecule has 2 aromatic carbocycles. The number of hydrogen-bond donors (Lipinski definition) is 3. The summed E-state index contributed by atoms with van der Waals surface area (Å²) in [7, 11) is 1.91. The molecule has 0 saturated carbocycles. The molecule has 0 atom stereocenters. The van der Waals surface area contributed by atoms with E-state index in [1.54, 1.807) is 6.20 Å². The van der Waals surface area contributed by atoms with Crippen LogP contribution in [-0.2, 0) is 24.7 Å². The Morgan fingerprint density at radius 1 is 1.14 bits per heavy atom. The second-order valence-electron chi connectivity index (χ2n) is 8.49. The Labute approximate surface area is 208 Å². The number of benzene rings is 2. The molecular weight excluding hydrogens is 452 g/mol. The maximum atomic E-state index is 12.4. The summed E-state index contributed by atoms with van der Waals surface area (Å²) in [5, 5.41) is 5.79. The predicted molar refractivity (Wildman–Crippen MR) is 138 cm³/mol. The molecule has 8 nitrogen and oxygen atoms in total. The number of hydrogen-bond acceptors (Lipinski definition) is 5. The van der Waals surface area contributed by atoms with E-state index in [1.807, 2.05) is 72.3 Å². The van der Waals surface area contributed by atoms with Crippen molar-refractivity contribution in [2.24, 2.45) is 7.05 Å². The van der Waals surface area contributed by atoms with Crippen molar-refractivity contribution in [3.8, 4) is 23.2 Å². The van der Waals surface area contributed by atoms with Crippen molar-refractivity contribution in [3.05, 3.63) is 94.8 Å². The first-order chi connectivity index (χ1) is 17.5. The van der Waals surface area contributed by atoms with Gasteiger partial charge in [-0.25, -0.2) is 9.97 Å². The molecule has 8 heteroatoms. The highest BCUT2D eigenvalue weighted by atomic mass is 16.2. The molecule has 1 aliphatic rings. The molecule has 36 heavy (non-hydrogen) atoms. The van der Waals surface area contributed by atoms with Gasteiger partial charge in [-0.3, -0.25) is 9.59 Å². The summed E-state index contributed by atoms with van der Waals surface area (Å²) in [6.07, 6.45) is 2.62. The van der Waals surface area contributed by atoms with Crippen LogP contribution in [0.5, 0.6) is 0 Å². The Bertz CT molecular complexity index is 1530. The number of nitrogens with two attached hydrogens (primary N) is 1. The minimum Gasteiger partial charge on any atom is -0.368 e. The monoisotopic (exact) mass is 476 g/mol. The first kappa shape index (κ1) is 22.9. The quantitative estimate of drug-likeness (QED) is 0.392. The van der Waals surface area contributed by atoms with E-state index in [9.17, 15) is 9.59 Å². The zero-order valence-corrected chi connectivity index (χ0v) is 19.7. The number of fused-ring (bicyclic) bond motifs is 1. The maximum Gasteiger partial charge on any atom is 0.253 e. The van der Waals surface area contributed by atoms with Crippen molar-refractivity contribution in [2.75, 3.05) is 17.6 Å². The second kappa shape index (κ2) is 9.76. The van der Waals surface area contributed by atoms with Gasteiger partial charge >= 0.3 is 0 Å². The summed E-state index contributed by atoms with van der Waals surface area (Å²) in [6.45, 7) is 0.597. The van der Waals surface area contributed by atoms with E-state index in [1.165, 1.54) is 0 Å². The topological polar surface area (TPSA) is 115 Å². The van der Waals surface area contributed by atoms with Gasteiger partial charge in [-0.15, -0.1) is 0 Å². The summed E-state index contributed by atoms with van der Waals surface area (Å²) in [5.74, 6) is 6.20. The highest BCUT2D eigenvalue weighted by Gasteiger charge is 2.24. The molecule has 2 amide bonds. The minimum absolute atomic E-state index is 0.0983. The maximum absolute atomic E-state index is 12.4. The van der Waals surface area contributed by atoms with Gasteiger partial charge in [0.1, 0.15) is 5.69 Å². The lowest BCUT2D eigenvalue weighted by molar-refractivity contribution is -0.115. The summed E-state index contributed by atoms with van der Waals surface area (Å²) in [6, 6.07) is 18.7. The Morgan fingerprint density at radius 2 is 1.97 bits per heavy atom. The van der Waals surface area contributed by atoms with Gasteiger partial charge in [-0.2, -0.15) is 0 Å². The summed E-state index contributed by atoms with van der Waals surface area (Å²) in [4.78, 5) is 33.3.